The summed E-state index contributed by atoms with van der Waals surface area (Å²) < 4.78 is 10.8. The average Bonchev–Trinajstić information content (AvgIpc) is 3.43. The number of carbonyl (C=O) groups excluding carboxylic acids is 2. The van der Waals surface area contributed by atoms with Crippen molar-refractivity contribution in [1.29, 1.82) is 0 Å². The minimum atomic E-state index is -0.440. The van der Waals surface area contributed by atoms with Gasteiger partial charge in [-0.15, -0.1) is 0 Å². The van der Waals surface area contributed by atoms with Gasteiger partial charge in [0.15, 0.2) is 0 Å². The number of hydrogen-bond acceptors (Lipinski definition) is 4. The Bertz CT molecular complexity index is 1670. The molecule has 1 heterocycles. The highest BCUT2D eigenvalue weighted by atomic mass is 16.5. The highest BCUT2D eigenvalue weighted by Gasteiger charge is 2.22. The van der Waals surface area contributed by atoms with Crippen molar-refractivity contribution in [1.82, 2.24) is 0 Å². The first-order valence-corrected chi connectivity index (χ1v) is 14.0. The van der Waals surface area contributed by atoms with Gasteiger partial charge < -0.3 is 14.5 Å². The molecule has 5 heteroatoms. The summed E-state index contributed by atoms with van der Waals surface area (Å²) in [5, 5.41) is 4.16. The van der Waals surface area contributed by atoms with Crippen molar-refractivity contribution in [2.24, 2.45) is 5.41 Å². The molecule has 0 aliphatic carbocycles. The van der Waals surface area contributed by atoms with Gasteiger partial charge in [-0.05, 0) is 77.1 Å². The molecule has 1 amide bonds. The molecule has 1 atom stereocenters. The van der Waals surface area contributed by atoms with Gasteiger partial charge in [-0.2, -0.15) is 0 Å². The molecule has 0 bridgehead atoms. The van der Waals surface area contributed by atoms with E-state index in [-0.39, 0.29) is 17.3 Å². The van der Waals surface area contributed by atoms with Gasteiger partial charge in [-0.3, -0.25) is 4.79 Å². The normalized spacial score (nSPS) is 12.4. The molecular weight excluding hydrogens is 522 g/mol. The lowest BCUT2D eigenvalue weighted by Crippen LogP contribution is -2.23. The zero-order valence-corrected chi connectivity index (χ0v) is 24.4. The summed E-state index contributed by atoms with van der Waals surface area (Å²) in [5.41, 5.74) is 5.97. The lowest BCUT2D eigenvalue weighted by molar-refractivity contribution is -0.117. The van der Waals surface area contributed by atoms with Crippen LogP contribution in [0.5, 0.6) is 0 Å². The van der Waals surface area contributed by atoms with Crippen LogP contribution in [0.3, 0.4) is 0 Å². The Labute approximate surface area is 246 Å². The van der Waals surface area contributed by atoms with Crippen LogP contribution in [0.2, 0.25) is 0 Å². The van der Waals surface area contributed by atoms with Crippen molar-refractivity contribution < 1.29 is 18.7 Å². The molecule has 1 N–H and O–H groups in total. The molecule has 0 fully saturated rings. The van der Waals surface area contributed by atoms with E-state index in [1.807, 2.05) is 91.0 Å². The van der Waals surface area contributed by atoms with Crippen molar-refractivity contribution in [3.05, 3.63) is 131 Å². The van der Waals surface area contributed by atoms with E-state index in [9.17, 15) is 9.59 Å². The molecule has 0 spiro atoms. The van der Waals surface area contributed by atoms with E-state index >= 15 is 0 Å². The number of allylic oxidation sites excluding steroid dienone is 1. The summed E-state index contributed by atoms with van der Waals surface area (Å²) in [7, 11) is 1.36. The zero-order chi connectivity index (χ0) is 29.7. The van der Waals surface area contributed by atoms with Crippen LogP contribution in [0.4, 0.5) is 5.69 Å². The maximum Gasteiger partial charge on any atom is 0.337 e. The summed E-state index contributed by atoms with van der Waals surface area (Å²) in [6.45, 7) is 6.48. The highest BCUT2D eigenvalue weighted by Crippen LogP contribution is 2.30. The summed E-state index contributed by atoms with van der Waals surface area (Å²) >= 11 is 0. The number of rotatable bonds is 8. The minimum absolute atomic E-state index is 0.0808. The van der Waals surface area contributed by atoms with Crippen LogP contribution >= 0.6 is 0 Å². The lowest BCUT2D eigenvalue weighted by atomic mass is 9.89. The molecule has 5 nitrogen and oxygen atoms in total. The number of amides is 1. The number of hydrogen-bond donors (Lipinski definition) is 1. The number of anilines is 1. The monoisotopic (exact) mass is 557 g/mol. The van der Waals surface area contributed by atoms with Gasteiger partial charge in [0.2, 0.25) is 5.91 Å². The number of esters is 1. The van der Waals surface area contributed by atoms with E-state index in [2.05, 4.69) is 38.2 Å². The standard InChI is InChI=1S/C37H35NO4/c1-37(2,3)22-21-25-9-13-27(14-10-25)32(23-26-11-15-29(16-12-26)36(40)41-4)35(39)38-31-19-17-28(18-20-31)34-24-30-7-5-6-8-33(30)42-34/h5-22,24,32H,23H2,1-4H3,(H,38,39)/b22-21+/t32-/m1/s1. The first-order valence-electron chi connectivity index (χ1n) is 14.0. The molecule has 5 rings (SSSR count). The van der Waals surface area contributed by atoms with E-state index in [0.29, 0.717) is 17.7 Å². The summed E-state index contributed by atoms with van der Waals surface area (Å²) in [4.78, 5) is 25.6. The van der Waals surface area contributed by atoms with E-state index in [4.69, 9.17) is 9.15 Å². The van der Waals surface area contributed by atoms with Crippen LogP contribution < -0.4 is 5.32 Å². The van der Waals surface area contributed by atoms with E-state index in [1.165, 1.54) is 7.11 Å². The van der Waals surface area contributed by atoms with Crippen molar-refractivity contribution in [2.75, 3.05) is 12.4 Å². The topological polar surface area (TPSA) is 68.5 Å². The number of para-hydroxylation sites is 1. The quantitative estimate of drug-likeness (QED) is 0.193. The molecule has 4 aromatic carbocycles. The lowest BCUT2D eigenvalue weighted by Gasteiger charge is -2.18. The predicted octanol–water partition coefficient (Wildman–Crippen LogP) is 8.91. The molecule has 1 aromatic heterocycles. The summed E-state index contributed by atoms with van der Waals surface area (Å²) in [6, 6.07) is 32.9. The molecule has 5 aromatic rings. The summed E-state index contributed by atoms with van der Waals surface area (Å²) in [5.74, 6) is -0.157. The van der Waals surface area contributed by atoms with Crippen LogP contribution in [0, 0.1) is 5.41 Å². The number of furan rings is 1. The van der Waals surface area contributed by atoms with Crippen molar-refractivity contribution in [2.45, 2.75) is 33.1 Å². The van der Waals surface area contributed by atoms with Crippen LogP contribution in [-0.4, -0.2) is 19.0 Å². The van der Waals surface area contributed by atoms with E-state index in [1.54, 1.807) is 12.1 Å². The molecule has 0 aliphatic heterocycles. The molecule has 0 saturated heterocycles. The Morgan fingerprint density at radius 2 is 1.57 bits per heavy atom. The minimum Gasteiger partial charge on any atom is -0.465 e. The third-order valence-corrected chi connectivity index (χ3v) is 7.11. The van der Waals surface area contributed by atoms with Crippen molar-refractivity contribution >= 4 is 34.6 Å². The van der Waals surface area contributed by atoms with Gasteiger partial charge in [0, 0.05) is 16.6 Å². The Morgan fingerprint density at radius 3 is 2.21 bits per heavy atom. The van der Waals surface area contributed by atoms with E-state index < -0.39 is 5.92 Å². The Balaban J connectivity index is 1.37. The van der Waals surface area contributed by atoms with Crippen LogP contribution in [0.15, 0.2) is 114 Å². The first kappa shape index (κ1) is 28.6. The Kier molecular flexibility index (Phi) is 8.39. The number of methoxy groups -OCH3 is 1. The molecule has 0 aliphatic rings. The van der Waals surface area contributed by atoms with Crippen molar-refractivity contribution in [3.8, 4) is 11.3 Å². The first-order chi connectivity index (χ1) is 20.2. The third kappa shape index (κ3) is 7.05. The van der Waals surface area contributed by atoms with Gasteiger partial charge in [-0.1, -0.05) is 87.5 Å². The number of nitrogens with one attached hydrogen (secondary N) is 1. The van der Waals surface area contributed by atoms with Crippen molar-refractivity contribution in [3.63, 3.8) is 0 Å². The number of carbonyl (C=O) groups is 2. The average molecular weight is 558 g/mol. The van der Waals surface area contributed by atoms with Crippen LogP contribution in [-0.2, 0) is 16.0 Å². The maximum atomic E-state index is 13.7. The number of fused-ring (bicyclic) bond motifs is 1. The molecule has 0 saturated carbocycles. The second-order valence-electron chi connectivity index (χ2n) is 11.5. The van der Waals surface area contributed by atoms with Gasteiger partial charge in [0.1, 0.15) is 11.3 Å². The third-order valence-electron chi connectivity index (χ3n) is 7.11. The molecule has 0 radical (unpaired) electrons. The SMILES string of the molecule is COC(=O)c1ccc(C[C@@H](C(=O)Nc2ccc(-c3cc4ccccc4o3)cc2)c2ccc(/C=C/C(C)(C)C)cc2)cc1. The Morgan fingerprint density at radius 1 is 0.881 bits per heavy atom. The second kappa shape index (κ2) is 12.3. The van der Waals surface area contributed by atoms with Crippen LogP contribution in [0.25, 0.3) is 28.4 Å². The highest BCUT2D eigenvalue weighted by molar-refractivity contribution is 5.96. The fourth-order valence-corrected chi connectivity index (χ4v) is 4.75. The Hall–Kier alpha value is -4.90. The summed E-state index contributed by atoms with van der Waals surface area (Å²) in [6.07, 6.45) is 4.75. The van der Waals surface area contributed by atoms with E-state index in [0.717, 1.165) is 39.0 Å². The largest absolute Gasteiger partial charge is 0.465 e. The number of ether oxygens (including phenoxy) is 1. The van der Waals surface area contributed by atoms with Gasteiger partial charge in [0.25, 0.3) is 0 Å². The zero-order valence-electron chi connectivity index (χ0n) is 24.4. The van der Waals surface area contributed by atoms with Gasteiger partial charge in [-0.25, -0.2) is 4.79 Å². The predicted molar refractivity (Wildman–Crippen MR) is 169 cm³/mol. The fourth-order valence-electron chi connectivity index (χ4n) is 4.75. The van der Waals surface area contributed by atoms with Gasteiger partial charge in [0.05, 0.1) is 18.6 Å². The fraction of sp³-hybridized carbons (Fsp3) is 0.189. The smallest absolute Gasteiger partial charge is 0.337 e. The molecule has 0 unspecified atom stereocenters. The molecular formula is C37H35NO4. The maximum absolute atomic E-state index is 13.7. The molecule has 42 heavy (non-hydrogen) atoms. The number of benzene rings is 4. The second-order valence-corrected chi connectivity index (χ2v) is 11.5. The molecule has 212 valence electrons. The van der Waals surface area contributed by atoms with Gasteiger partial charge >= 0.3 is 5.97 Å². The van der Waals surface area contributed by atoms with Crippen LogP contribution in [0.1, 0.15) is 53.7 Å².